The monoisotopic (exact) mass is 470 g/mol. The Balaban J connectivity index is 1.37. The lowest BCUT2D eigenvalue weighted by atomic mass is 9.86. The smallest absolute Gasteiger partial charge is 0.306 e. The van der Waals surface area contributed by atoms with Crippen molar-refractivity contribution in [2.45, 2.75) is 38.3 Å². The fourth-order valence-electron chi connectivity index (χ4n) is 4.98. The third-order valence-corrected chi connectivity index (χ3v) is 6.94. The molecule has 1 aromatic heterocycles. The average Bonchev–Trinajstić information content (AvgIpc) is 3.30. The molecule has 4 aromatic rings. The van der Waals surface area contributed by atoms with Crippen molar-refractivity contribution >= 4 is 22.8 Å². The number of carboxylic acid groups (broad SMARTS) is 1. The maximum Gasteiger partial charge on any atom is 0.306 e. The van der Waals surface area contributed by atoms with Gasteiger partial charge in [-0.3, -0.25) is 9.59 Å². The molecule has 178 valence electrons. The predicted molar refractivity (Wildman–Crippen MR) is 134 cm³/mol. The largest absolute Gasteiger partial charge is 0.481 e. The summed E-state index contributed by atoms with van der Waals surface area (Å²) in [5.74, 6) is -1.74. The van der Waals surface area contributed by atoms with Crippen molar-refractivity contribution in [3.05, 3.63) is 95.9 Å². The number of carboxylic acids is 1. The van der Waals surface area contributed by atoms with Crippen LogP contribution in [-0.4, -0.2) is 27.6 Å². The number of benzene rings is 3. The molecule has 5 nitrogen and oxygen atoms in total. The first-order valence-electron chi connectivity index (χ1n) is 11.9. The molecule has 0 atom stereocenters. The van der Waals surface area contributed by atoms with Gasteiger partial charge in [0.05, 0.1) is 17.0 Å². The van der Waals surface area contributed by atoms with Gasteiger partial charge in [-0.05, 0) is 60.6 Å². The predicted octanol–water partition coefficient (Wildman–Crippen LogP) is 5.87. The van der Waals surface area contributed by atoms with Gasteiger partial charge in [0.15, 0.2) is 0 Å². The van der Waals surface area contributed by atoms with Gasteiger partial charge in [0, 0.05) is 24.2 Å². The van der Waals surface area contributed by atoms with E-state index in [1.807, 2.05) is 41.1 Å². The van der Waals surface area contributed by atoms with Crippen molar-refractivity contribution in [3.63, 3.8) is 0 Å². The highest BCUT2D eigenvalue weighted by Crippen LogP contribution is 2.28. The molecule has 0 radical (unpaired) electrons. The Hall–Kier alpha value is -3.93. The number of rotatable bonds is 6. The zero-order chi connectivity index (χ0) is 24.4. The number of hydrogen-bond acceptors (Lipinski definition) is 2. The van der Waals surface area contributed by atoms with Crippen LogP contribution in [0.4, 0.5) is 4.39 Å². The molecule has 1 amide bonds. The summed E-state index contributed by atoms with van der Waals surface area (Å²) < 4.78 is 16.5. The summed E-state index contributed by atoms with van der Waals surface area (Å²) in [6, 6.07) is 22.9. The number of fused-ring (bicyclic) bond motifs is 1. The minimum absolute atomic E-state index is 0.0767. The van der Waals surface area contributed by atoms with E-state index in [1.165, 1.54) is 12.1 Å². The van der Waals surface area contributed by atoms with Gasteiger partial charge in [0.1, 0.15) is 5.82 Å². The molecule has 3 aromatic carbocycles. The first kappa shape index (κ1) is 22.8. The summed E-state index contributed by atoms with van der Waals surface area (Å²) >= 11 is 0. The van der Waals surface area contributed by atoms with Crippen LogP contribution in [-0.2, 0) is 11.3 Å². The lowest BCUT2D eigenvalue weighted by Crippen LogP contribution is -2.38. The number of nitrogens with one attached hydrogen (secondary N) is 1. The van der Waals surface area contributed by atoms with E-state index in [0.717, 1.165) is 16.7 Å². The highest BCUT2D eigenvalue weighted by atomic mass is 19.1. The second-order valence-corrected chi connectivity index (χ2v) is 9.22. The fraction of sp³-hybridized carbons (Fsp3) is 0.241. The lowest BCUT2D eigenvalue weighted by Gasteiger charge is -2.27. The van der Waals surface area contributed by atoms with Crippen LogP contribution in [0, 0.1) is 11.7 Å². The molecule has 1 heterocycles. The molecule has 1 saturated carbocycles. The van der Waals surface area contributed by atoms with Crippen LogP contribution in [0.25, 0.3) is 22.0 Å². The van der Waals surface area contributed by atoms with Gasteiger partial charge in [-0.2, -0.15) is 0 Å². The molecule has 1 aliphatic rings. The Morgan fingerprint density at radius 2 is 1.57 bits per heavy atom. The van der Waals surface area contributed by atoms with E-state index in [4.69, 9.17) is 0 Å². The zero-order valence-electron chi connectivity index (χ0n) is 19.3. The number of aliphatic carboxylic acids is 1. The van der Waals surface area contributed by atoms with Crippen molar-refractivity contribution in [1.29, 1.82) is 0 Å². The highest BCUT2D eigenvalue weighted by Gasteiger charge is 2.27. The standard InChI is InChI=1S/C29H27FN2O3/c30-26-15-14-25(28(33)31-23-12-10-22(11-13-23)29(34)35)27-24(26)16-17-32(27)18-19-6-8-21(9-7-19)20-4-2-1-3-5-20/h1-9,14-17,22-23H,10-13,18H2,(H,31,33)(H,34,35). The first-order chi connectivity index (χ1) is 17.0. The third-order valence-electron chi connectivity index (χ3n) is 6.94. The molecule has 0 saturated heterocycles. The zero-order valence-corrected chi connectivity index (χ0v) is 19.3. The molecule has 0 aliphatic heterocycles. The van der Waals surface area contributed by atoms with Crippen molar-refractivity contribution in [2.24, 2.45) is 5.92 Å². The Morgan fingerprint density at radius 1 is 0.886 bits per heavy atom. The Labute approximate surface area is 203 Å². The van der Waals surface area contributed by atoms with E-state index in [0.29, 0.717) is 48.7 Å². The molecular weight excluding hydrogens is 443 g/mol. The van der Waals surface area contributed by atoms with E-state index >= 15 is 0 Å². The second-order valence-electron chi connectivity index (χ2n) is 9.22. The summed E-state index contributed by atoms with van der Waals surface area (Å²) in [4.78, 5) is 24.4. The Morgan fingerprint density at radius 3 is 2.26 bits per heavy atom. The number of carbonyl (C=O) groups is 2. The minimum Gasteiger partial charge on any atom is -0.481 e. The van der Waals surface area contributed by atoms with E-state index in [2.05, 4.69) is 29.6 Å². The van der Waals surface area contributed by atoms with Crippen LogP contribution in [0.15, 0.2) is 79.0 Å². The van der Waals surface area contributed by atoms with Crippen LogP contribution >= 0.6 is 0 Å². The van der Waals surface area contributed by atoms with Crippen LogP contribution in [0.2, 0.25) is 0 Å². The molecule has 0 spiro atoms. The van der Waals surface area contributed by atoms with Gasteiger partial charge in [-0.1, -0.05) is 54.6 Å². The van der Waals surface area contributed by atoms with Crippen LogP contribution < -0.4 is 5.32 Å². The quantitative estimate of drug-likeness (QED) is 0.370. The van der Waals surface area contributed by atoms with Crippen molar-refractivity contribution in [2.75, 3.05) is 0 Å². The number of nitrogens with zero attached hydrogens (tertiary/aromatic N) is 1. The number of halogens is 1. The molecule has 1 aliphatic carbocycles. The van der Waals surface area contributed by atoms with E-state index in [1.54, 1.807) is 6.07 Å². The Bertz CT molecular complexity index is 1350. The lowest BCUT2D eigenvalue weighted by molar-refractivity contribution is -0.142. The summed E-state index contributed by atoms with van der Waals surface area (Å²) in [6.45, 7) is 0.506. The van der Waals surface area contributed by atoms with Crippen LogP contribution in [0.5, 0.6) is 0 Å². The van der Waals surface area contributed by atoms with E-state index in [9.17, 15) is 19.1 Å². The molecular formula is C29H27FN2O3. The van der Waals surface area contributed by atoms with Crippen molar-refractivity contribution in [1.82, 2.24) is 9.88 Å². The van der Waals surface area contributed by atoms with Gasteiger partial charge in [-0.15, -0.1) is 0 Å². The summed E-state index contributed by atoms with van der Waals surface area (Å²) in [5.41, 5.74) is 4.30. The third kappa shape index (κ3) is 4.83. The SMILES string of the molecule is O=C(NC1CCC(C(=O)O)CC1)c1ccc(F)c2ccn(Cc3ccc(-c4ccccc4)cc3)c12. The fourth-order valence-corrected chi connectivity index (χ4v) is 4.98. The molecule has 0 unspecified atom stereocenters. The average molecular weight is 471 g/mol. The topological polar surface area (TPSA) is 71.3 Å². The first-order valence-corrected chi connectivity index (χ1v) is 11.9. The van der Waals surface area contributed by atoms with Gasteiger partial charge in [0.25, 0.3) is 5.91 Å². The van der Waals surface area contributed by atoms with E-state index < -0.39 is 5.97 Å². The van der Waals surface area contributed by atoms with E-state index in [-0.39, 0.29) is 23.7 Å². The number of hydrogen-bond donors (Lipinski definition) is 2. The highest BCUT2D eigenvalue weighted by molar-refractivity contribution is 6.06. The Kier molecular flexibility index (Phi) is 6.36. The summed E-state index contributed by atoms with van der Waals surface area (Å²) in [6.07, 6.45) is 4.17. The number of amides is 1. The number of aromatic nitrogens is 1. The van der Waals surface area contributed by atoms with Crippen molar-refractivity contribution < 1.29 is 19.1 Å². The molecule has 0 bridgehead atoms. The summed E-state index contributed by atoms with van der Waals surface area (Å²) in [5, 5.41) is 12.7. The molecule has 6 heteroatoms. The van der Waals surface area contributed by atoms with Gasteiger partial charge < -0.3 is 15.0 Å². The minimum atomic E-state index is -0.773. The maximum absolute atomic E-state index is 14.6. The molecule has 5 rings (SSSR count). The van der Waals surface area contributed by atoms with Gasteiger partial charge in [0.2, 0.25) is 0 Å². The second kappa shape index (κ2) is 9.74. The normalized spacial score (nSPS) is 17.9. The maximum atomic E-state index is 14.6. The van der Waals surface area contributed by atoms with Gasteiger partial charge >= 0.3 is 5.97 Å². The van der Waals surface area contributed by atoms with Crippen LogP contribution in [0.3, 0.4) is 0 Å². The molecule has 1 fully saturated rings. The van der Waals surface area contributed by atoms with Gasteiger partial charge in [-0.25, -0.2) is 4.39 Å². The van der Waals surface area contributed by atoms with Crippen molar-refractivity contribution in [3.8, 4) is 11.1 Å². The summed E-state index contributed by atoms with van der Waals surface area (Å²) in [7, 11) is 0. The van der Waals surface area contributed by atoms with Crippen LogP contribution in [0.1, 0.15) is 41.6 Å². The number of carbonyl (C=O) groups excluding carboxylic acids is 1. The molecule has 2 N–H and O–H groups in total. The molecule has 35 heavy (non-hydrogen) atoms.